The van der Waals surface area contributed by atoms with Crippen molar-refractivity contribution < 1.29 is 140 Å². The Morgan fingerprint density at radius 1 is 0.272 bits per heavy atom. The first-order chi connectivity index (χ1) is 54.3. The van der Waals surface area contributed by atoms with Crippen molar-refractivity contribution in [1.82, 2.24) is 9.97 Å². The van der Waals surface area contributed by atoms with Gasteiger partial charge in [0.25, 0.3) is 11.4 Å². The van der Waals surface area contributed by atoms with Crippen LogP contribution in [0.1, 0.15) is 75.1 Å². The van der Waals surface area contributed by atoms with Crippen LogP contribution >= 0.6 is 0 Å². The van der Waals surface area contributed by atoms with Gasteiger partial charge in [-0.2, -0.15) is 0 Å². The van der Waals surface area contributed by atoms with Crippen LogP contribution in [0.15, 0.2) is 386 Å². The van der Waals surface area contributed by atoms with Crippen molar-refractivity contribution in [2.45, 2.75) is 0 Å². The van der Waals surface area contributed by atoms with E-state index >= 15 is 0 Å². The van der Waals surface area contributed by atoms with E-state index in [0.717, 1.165) is 35.1 Å². The maximum atomic E-state index is 11.8. The first-order valence-electron chi connectivity index (χ1n) is 34.2. The summed E-state index contributed by atoms with van der Waals surface area (Å²) < 4.78 is 0. The van der Waals surface area contributed by atoms with E-state index < -0.39 is 9.85 Å². The van der Waals surface area contributed by atoms with Crippen LogP contribution in [0.5, 0.6) is 11.5 Å². The largest absolute Gasteiger partial charge is 3.00 e. The van der Waals surface area contributed by atoms with Gasteiger partial charge in [-0.3, -0.25) is 49.4 Å². The molecular weight excluding hydrogens is 1730 g/mol. The number of fused-ring (bicyclic) bond motifs is 2. The fraction of sp³-hybridized carbons (Fsp3) is 0. The smallest absolute Gasteiger partial charge is 0.872 e. The monoisotopic (exact) mass is 1790 g/mol. The molecule has 2 heterocycles. The number of rotatable bonds is 18. The minimum absolute atomic E-state index is 0. The van der Waals surface area contributed by atoms with E-state index in [1.807, 2.05) is 60.7 Å². The Morgan fingerprint density at radius 2 is 0.491 bits per heavy atom. The second-order valence-electron chi connectivity index (χ2n) is 23.6. The van der Waals surface area contributed by atoms with Gasteiger partial charge in [0, 0.05) is 46.5 Å². The molecule has 12 aromatic carbocycles. The van der Waals surface area contributed by atoms with Gasteiger partial charge >= 0.3 is 79.9 Å². The summed E-state index contributed by atoms with van der Waals surface area (Å²) >= 11 is 0. The molecule has 0 bridgehead atoms. The van der Waals surface area contributed by atoms with Gasteiger partial charge in [-0.25, -0.2) is 9.97 Å². The van der Waals surface area contributed by atoms with Crippen LogP contribution in [0.4, 0.5) is 22.7 Å². The van der Waals surface area contributed by atoms with E-state index in [4.69, 9.17) is 0 Å². The molecule has 0 aliphatic heterocycles. The van der Waals surface area contributed by atoms with Gasteiger partial charge in [0.2, 0.25) is 0 Å². The predicted octanol–water partition coefficient (Wildman–Crippen LogP) is 15.0. The van der Waals surface area contributed by atoms with Crippen LogP contribution in [0, 0.1) is 100 Å². The Bertz CT molecular complexity index is 5140. The molecule has 0 aliphatic rings. The molecule has 562 valence electrons. The molecule has 2 radical (unpaired) electrons. The second-order valence-corrected chi connectivity index (χ2v) is 23.6. The average Bonchev–Trinajstić information content (AvgIpc) is 0.823. The number of ketones is 4. The number of benzene rings is 12. The Kier molecular flexibility index (Phi) is 35.8. The standard InChI is InChI=1S/2C16H11N3O3.4C15H12O2.2Gd/c2*20-15-3-1-2-11-4-5-13(18-16(11)15)10-17-12-6-8-14(9-7-12)19(21)22;4*16-14(12-7-3-1-4-8-12)11-15(17)13-9-5-2-6-10-13;;/h2*1-10,20H;4*1-11,16H;;/q;;;;;;2*+3/p-6/b;;4*14-11-;;. The minimum Gasteiger partial charge on any atom is -0.872 e. The second kappa shape index (κ2) is 46.4. The van der Waals surface area contributed by atoms with Crippen molar-refractivity contribution in [3.05, 3.63) is 452 Å². The van der Waals surface area contributed by atoms with E-state index in [9.17, 15) is 70.0 Å². The van der Waals surface area contributed by atoms with E-state index in [0.29, 0.717) is 78.3 Å². The molecule has 14 rings (SSSR count). The summed E-state index contributed by atoms with van der Waals surface area (Å²) in [6.45, 7) is 0. The summed E-state index contributed by atoms with van der Waals surface area (Å²) in [4.78, 5) is 84.2. The maximum absolute atomic E-state index is 11.8. The molecule has 0 saturated carbocycles. The molecule has 0 spiro atoms. The third kappa shape index (κ3) is 28.2. The summed E-state index contributed by atoms with van der Waals surface area (Å²) in [7, 11) is 0. The number of para-hydroxylation sites is 2. The summed E-state index contributed by atoms with van der Waals surface area (Å²) in [5.74, 6) is -2.39. The van der Waals surface area contributed by atoms with Gasteiger partial charge in [0.1, 0.15) is 0 Å². The normalized spacial score (nSPS) is 10.9. The number of carbonyl (C=O) groups is 4. The van der Waals surface area contributed by atoms with Crippen LogP contribution in [0.2, 0.25) is 0 Å². The van der Waals surface area contributed by atoms with Crippen molar-refractivity contribution in [2.75, 3.05) is 0 Å². The topological polar surface area (TPSA) is 343 Å². The molecule has 0 fully saturated rings. The fourth-order valence-electron chi connectivity index (χ4n) is 9.98. The van der Waals surface area contributed by atoms with Crippen molar-refractivity contribution in [1.29, 1.82) is 0 Å². The zero-order valence-corrected chi connectivity index (χ0v) is 64.6. The SMILES string of the molecule is O=C(/C=C(\[O-])c1ccccc1)c1ccccc1.O=C(/C=C(\[O-])c1ccccc1)c1ccccc1.O=C(/C=C(\[O-])c1ccccc1)c1ccccc1.O=C(/C=C(\[O-])c1ccccc1)c1ccccc1.O=[N+]([O-])c1ccc(N=Cc2ccc3cccc([O-])c3n2)cc1.O=[N+]([O-])c1ccc(N=Cc2ccc3cccc([O-])c3n2)cc1.[Gd+3].[Gd+3]. The van der Waals surface area contributed by atoms with Gasteiger partial charge in [-0.15, -0.1) is 0 Å². The number of pyridine rings is 2. The zero-order valence-electron chi connectivity index (χ0n) is 60.1. The van der Waals surface area contributed by atoms with Gasteiger partial charge < -0.3 is 30.6 Å². The van der Waals surface area contributed by atoms with Gasteiger partial charge in [0.05, 0.1) is 56.1 Å². The summed E-state index contributed by atoms with van der Waals surface area (Å²) in [6, 6.07) is 98.9. The third-order valence-corrected chi connectivity index (χ3v) is 15.7. The number of nitro benzene ring substituents is 2. The molecule has 0 aliphatic carbocycles. The molecule has 0 amide bonds. The van der Waals surface area contributed by atoms with Crippen molar-refractivity contribution in [2.24, 2.45) is 9.98 Å². The summed E-state index contributed by atoms with van der Waals surface area (Å²) in [5.41, 5.74) is 7.27. The zero-order chi connectivity index (χ0) is 79.4. The quantitative estimate of drug-likeness (QED) is 0.0192. The molecule has 14 aromatic rings. The summed E-state index contributed by atoms with van der Waals surface area (Å²) in [6.07, 6.45) is 7.56. The number of nitro groups is 2. The van der Waals surface area contributed by atoms with Crippen molar-refractivity contribution in [3.8, 4) is 11.5 Å². The van der Waals surface area contributed by atoms with Crippen molar-refractivity contribution in [3.63, 3.8) is 0 Å². The number of aromatic nitrogens is 2. The van der Waals surface area contributed by atoms with Crippen LogP contribution in [0.3, 0.4) is 0 Å². The number of allylic oxidation sites excluding steroid dienone is 4. The minimum atomic E-state index is -0.464. The molecule has 114 heavy (non-hydrogen) atoms. The molecule has 0 saturated heterocycles. The van der Waals surface area contributed by atoms with E-state index in [1.165, 1.54) is 48.8 Å². The molecular formula is C92H64Gd2N6O14. The Hall–Kier alpha value is -13.3. The Balaban J connectivity index is 0.000000190. The van der Waals surface area contributed by atoms with Crippen LogP contribution in [-0.2, 0) is 0 Å². The Morgan fingerprint density at radius 3 is 0.711 bits per heavy atom. The maximum Gasteiger partial charge on any atom is 3.00 e. The molecule has 0 N–H and O–H groups in total. The molecule has 20 nitrogen and oxygen atoms in total. The molecule has 0 atom stereocenters. The molecule has 22 heteroatoms. The fourth-order valence-corrected chi connectivity index (χ4v) is 9.98. The number of non-ortho nitro benzene ring substituents is 2. The average molecular weight is 1790 g/mol. The Labute approximate surface area is 719 Å². The van der Waals surface area contributed by atoms with Crippen molar-refractivity contribution >= 4 is 103 Å². The predicted molar refractivity (Wildman–Crippen MR) is 424 cm³/mol. The van der Waals surface area contributed by atoms with Gasteiger partial charge in [0.15, 0.2) is 23.1 Å². The van der Waals surface area contributed by atoms with Crippen LogP contribution in [0.25, 0.3) is 44.8 Å². The first kappa shape index (κ1) is 87.9. The number of carbonyl (C=O) groups excluding carboxylic acids is 4. The molecule has 0 unspecified atom stereocenters. The van der Waals surface area contributed by atoms with E-state index in [1.54, 1.807) is 255 Å². The number of aliphatic imine (C=N–C) groups is 2. The number of hydrogen-bond acceptors (Lipinski definition) is 18. The van der Waals surface area contributed by atoms with Gasteiger partial charge in [-0.05, 0) is 93.7 Å². The van der Waals surface area contributed by atoms with Crippen LogP contribution < -0.4 is 30.6 Å². The number of hydrogen-bond donors (Lipinski definition) is 0. The van der Waals surface area contributed by atoms with E-state index in [-0.39, 0.29) is 149 Å². The van der Waals surface area contributed by atoms with E-state index in [2.05, 4.69) is 20.0 Å². The summed E-state index contributed by atoms with van der Waals surface area (Å²) in [5, 5.41) is 93.2. The molecule has 2 aromatic heterocycles. The number of nitrogens with zero attached hydrogens (tertiary/aromatic N) is 6. The van der Waals surface area contributed by atoms with Gasteiger partial charge in [-0.1, -0.05) is 326 Å². The first-order valence-corrected chi connectivity index (χ1v) is 34.2. The third-order valence-electron chi connectivity index (χ3n) is 15.7. The van der Waals surface area contributed by atoms with Crippen LogP contribution in [-0.4, -0.2) is 55.4 Å².